The van der Waals surface area contributed by atoms with Crippen LogP contribution in [0.15, 0.2) is 34.8 Å². The molecule has 0 unspecified atom stereocenters. The molecule has 0 amide bonds. The molecule has 2 N–H and O–H groups in total. The van der Waals surface area contributed by atoms with Gasteiger partial charge in [0.2, 0.25) is 5.88 Å². The predicted molar refractivity (Wildman–Crippen MR) is 69.1 cm³/mol. The van der Waals surface area contributed by atoms with E-state index in [0.29, 0.717) is 11.3 Å². The number of benzene rings is 1. The number of aromatic nitrogens is 2. The van der Waals surface area contributed by atoms with E-state index in [1.54, 1.807) is 18.2 Å². The van der Waals surface area contributed by atoms with Gasteiger partial charge in [-0.2, -0.15) is 13.2 Å². The second kappa shape index (κ2) is 5.76. The van der Waals surface area contributed by atoms with Crippen LogP contribution in [0, 0.1) is 0 Å². The molecule has 0 spiro atoms. The summed E-state index contributed by atoms with van der Waals surface area (Å²) in [6, 6.07) is 7.05. The Morgan fingerprint density at radius 2 is 1.90 bits per heavy atom. The van der Waals surface area contributed by atoms with Crippen LogP contribution in [-0.4, -0.2) is 10.2 Å². The van der Waals surface area contributed by atoms with E-state index in [0.717, 1.165) is 16.6 Å². The van der Waals surface area contributed by atoms with Crippen LogP contribution in [0.3, 0.4) is 0 Å². The number of hydrogen-bond donors (Lipinski definition) is 1. The Bertz CT molecular complexity index is 602. The van der Waals surface area contributed by atoms with Crippen molar-refractivity contribution in [1.82, 2.24) is 10.2 Å². The first kappa shape index (κ1) is 14.7. The molecule has 20 heavy (non-hydrogen) atoms. The van der Waals surface area contributed by atoms with Crippen LogP contribution in [0.2, 0.25) is 0 Å². The highest BCUT2D eigenvalue weighted by molar-refractivity contribution is 9.10. The Kier molecular flexibility index (Phi) is 4.24. The lowest BCUT2D eigenvalue weighted by molar-refractivity contribution is -0.141. The molecule has 1 heterocycles. The fourth-order valence-electron chi connectivity index (χ4n) is 1.45. The van der Waals surface area contributed by atoms with E-state index < -0.39 is 11.9 Å². The van der Waals surface area contributed by atoms with E-state index in [2.05, 4.69) is 26.1 Å². The summed E-state index contributed by atoms with van der Waals surface area (Å²) in [6.07, 6.45) is -4.52. The quantitative estimate of drug-likeness (QED) is 0.922. The Hall–Kier alpha value is -1.67. The molecule has 1 aromatic carbocycles. The number of rotatable bonds is 3. The first-order valence-electron chi connectivity index (χ1n) is 5.47. The zero-order chi connectivity index (χ0) is 14.8. The minimum atomic E-state index is -4.52. The highest BCUT2D eigenvalue weighted by Crippen LogP contribution is 2.29. The summed E-state index contributed by atoms with van der Waals surface area (Å²) in [5.41, 5.74) is 5.19. The van der Waals surface area contributed by atoms with Crippen molar-refractivity contribution in [2.24, 2.45) is 5.73 Å². The predicted octanol–water partition coefficient (Wildman–Crippen LogP) is 3.51. The van der Waals surface area contributed by atoms with Gasteiger partial charge in [0.05, 0.1) is 0 Å². The molecule has 0 bridgehead atoms. The SMILES string of the molecule is NCc1cc(Br)ccc1Oc1ccc(C(F)(F)F)nn1. The van der Waals surface area contributed by atoms with Gasteiger partial charge in [0.25, 0.3) is 0 Å². The minimum absolute atomic E-state index is 0.0324. The maximum atomic E-state index is 12.3. The smallest absolute Gasteiger partial charge is 0.435 e. The van der Waals surface area contributed by atoms with Crippen LogP contribution in [0.5, 0.6) is 11.6 Å². The molecule has 0 aliphatic heterocycles. The lowest BCUT2D eigenvalue weighted by Crippen LogP contribution is -2.09. The van der Waals surface area contributed by atoms with Gasteiger partial charge in [-0.15, -0.1) is 10.2 Å². The molecule has 0 saturated carbocycles. The molecule has 2 aromatic rings. The van der Waals surface area contributed by atoms with Crippen LogP contribution >= 0.6 is 15.9 Å². The Morgan fingerprint density at radius 1 is 1.15 bits per heavy atom. The van der Waals surface area contributed by atoms with Crippen molar-refractivity contribution in [3.05, 3.63) is 46.1 Å². The highest BCUT2D eigenvalue weighted by Gasteiger charge is 2.33. The van der Waals surface area contributed by atoms with Gasteiger partial charge in [-0.3, -0.25) is 0 Å². The van der Waals surface area contributed by atoms with Crippen molar-refractivity contribution in [3.63, 3.8) is 0 Å². The third-order valence-electron chi connectivity index (χ3n) is 2.39. The van der Waals surface area contributed by atoms with Crippen molar-refractivity contribution in [2.75, 3.05) is 0 Å². The van der Waals surface area contributed by atoms with Gasteiger partial charge in [-0.05, 0) is 24.3 Å². The fourth-order valence-corrected chi connectivity index (χ4v) is 1.85. The summed E-state index contributed by atoms with van der Waals surface area (Å²) >= 11 is 3.29. The molecule has 0 atom stereocenters. The van der Waals surface area contributed by atoms with E-state index in [-0.39, 0.29) is 12.4 Å². The minimum Gasteiger partial charge on any atom is -0.437 e. The Labute approximate surface area is 120 Å². The molecule has 1 aromatic heterocycles. The van der Waals surface area contributed by atoms with Gasteiger partial charge in [0.15, 0.2) is 5.69 Å². The maximum Gasteiger partial charge on any atom is 0.435 e. The zero-order valence-corrected chi connectivity index (χ0v) is 11.6. The van der Waals surface area contributed by atoms with Crippen LogP contribution in [-0.2, 0) is 12.7 Å². The molecule has 0 aliphatic carbocycles. The van der Waals surface area contributed by atoms with Gasteiger partial charge in [-0.25, -0.2) is 0 Å². The molecule has 2 rings (SSSR count). The summed E-state index contributed by atoms with van der Waals surface area (Å²) in [4.78, 5) is 0. The van der Waals surface area contributed by atoms with Gasteiger partial charge < -0.3 is 10.5 Å². The van der Waals surface area contributed by atoms with Crippen molar-refractivity contribution in [3.8, 4) is 11.6 Å². The number of hydrogen-bond acceptors (Lipinski definition) is 4. The number of nitrogens with two attached hydrogens (primary N) is 1. The van der Waals surface area contributed by atoms with E-state index >= 15 is 0 Å². The van der Waals surface area contributed by atoms with Crippen LogP contribution in [0.25, 0.3) is 0 Å². The van der Waals surface area contributed by atoms with Crippen LogP contribution < -0.4 is 10.5 Å². The van der Waals surface area contributed by atoms with Gasteiger partial charge in [0, 0.05) is 22.6 Å². The van der Waals surface area contributed by atoms with E-state index in [1.165, 1.54) is 0 Å². The van der Waals surface area contributed by atoms with Gasteiger partial charge in [-0.1, -0.05) is 15.9 Å². The monoisotopic (exact) mass is 347 g/mol. The third-order valence-corrected chi connectivity index (χ3v) is 2.88. The van der Waals surface area contributed by atoms with E-state index in [4.69, 9.17) is 10.5 Å². The average Bonchev–Trinajstić information content (AvgIpc) is 2.40. The summed E-state index contributed by atoms with van der Waals surface area (Å²) in [5, 5.41) is 6.47. The molecule has 0 aliphatic rings. The molecule has 0 fully saturated rings. The summed E-state index contributed by atoms with van der Waals surface area (Å²) in [6.45, 7) is 0.225. The van der Waals surface area contributed by atoms with Crippen molar-refractivity contribution >= 4 is 15.9 Å². The lowest BCUT2D eigenvalue weighted by atomic mass is 10.2. The molecule has 0 radical (unpaired) electrons. The molecule has 8 heteroatoms. The standard InChI is InChI=1S/C12H9BrF3N3O/c13-8-1-2-9(7(5-8)6-17)20-11-4-3-10(18-19-11)12(14,15)16/h1-5H,6,17H2. The van der Waals surface area contributed by atoms with Gasteiger partial charge >= 0.3 is 6.18 Å². The van der Waals surface area contributed by atoms with Crippen molar-refractivity contribution < 1.29 is 17.9 Å². The molecule has 0 saturated heterocycles. The number of halogens is 4. The Morgan fingerprint density at radius 3 is 2.45 bits per heavy atom. The van der Waals surface area contributed by atoms with Crippen molar-refractivity contribution in [2.45, 2.75) is 12.7 Å². The number of nitrogens with zero attached hydrogens (tertiary/aromatic N) is 2. The molecule has 4 nitrogen and oxygen atoms in total. The summed E-state index contributed by atoms with van der Waals surface area (Å²) in [7, 11) is 0. The third kappa shape index (κ3) is 3.45. The molecular weight excluding hydrogens is 339 g/mol. The van der Waals surface area contributed by atoms with Crippen molar-refractivity contribution in [1.29, 1.82) is 0 Å². The average molecular weight is 348 g/mol. The second-order valence-corrected chi connectivity index (χ2v) is 4.73. The van der Waals surface area contributed by atoms with Crippen LogP contribution in [0.1, 0.15) is 11.3 Å². The summed E-state index contributed by atoms with van der Waals surface area (Å²) < 4.78 is 43.2. The highest BCUT2D eigenvalue weighted by atomic mass is 79.9. The molecule has 106 valence electrons. The number of ether oxygens (including phenoxy) is 1. The van der Waals surface area contributed by atoms with E-state index in [9.17, 15) is 13.2 Å². The summed E-state index contributed by atoms with van der Waals surface area (Å²) in [5.74, 6) is 0.389. The zero-order valence-electron chi connectivity index (χ0n) is 9.99. The van der Waals surface area contributed by atoms with Gasteiger partial charge in [0.1, 0.15) is 5.75 Å². The normalized spacial score (nSPS) is 11.4. The van der Waals surface area contributed by atoms with E-state index in [1.807, 2.05) is 0 Å². The molecular formula is C12H9BrF3N3O. The van der Waals surface area contributed by atoms with Crippen LogP contribution in [0.4, 0.5) is 13.2 Å². The first-order chi connectivity index (χ1) is 9.40. The fraction of sp³-hybridized carbons (Fsp3) is 0.167. The lowest BCUT2D eigenvalue weighted by Gasteiger charge is -2.10. The topological polar surface area (TPSA) is 61.0 Å². The number of alkyl halides is 3. The Balaban J connectivity index is 2.22. The largest absolute Gasteiger partial charge is 0.437 e. The maximum absolute atomic E-state index is 12.3. The first-order valence-corrected chi connectivity index (χ1v) is 6.26. The second-order valence-electron chi connectivity index (χ2n) is 3.81.